The molecular formula is C28H23F3N4O5S. The van der Waals surface area contributed by atoms with Crippen LogP contribution in [0.3, 0.4) is 0 Å². The van der Waals surface area contributed by atoms with Crippen molar-refractivity contribution >= 4 is 38.4 Å². The Morgan fingerprint density at radius 3 is 2.17 bits per heavy atom. The van der Waals surface area contributed by atoms with Gasteiger partial charge in [0.15, 0.2) is 17.5 Å². The minimum atomic E-state index is -4.04. The smallest absolute Gasteiger partial charge is 0.264 e. The molecular weight excluding hydrogens is 561 g/mol. The molecule has 0 unspecified atom stereocenters. The fourth-order valence-corrected chi connectivity index (χ4v) is 5.81. The molecule has 2 amide bonds. The summed E-state index contributed by atoms with van der Waals surface area (Å²) >= 11 is 0. The lowest BCUT2D eigenvalue weighted by atomic mass is 10.1. The number of anilines is 1. The number of para-hydroxylation sites is 1. The Morgan fingerprint density at radius 2 is 1.49 bits per heavy atom. The number of nitrogens with one attached hydrogen (secondary N) is 1. The van der Waals surface area contributed by atoms with Crippen LogP contribution in [0.4, 0.5) is 18.9 Å². The van der Waals surface area contributed by atoms with Gasteiger partial charge in [-0.2, -0.15) is 0 Å². The van der Waals surface area contributed by atoms with E-state index in [0.717, 1.165) is 6.07 Å². The SMILES string of the molecule is COc1cc(NS(=O)(=O)c2cccc3cccnc23)ccc1C(=O)N1CCN(C(=O)c2ccc(F)c(F)c2F)CC1. The summed E-state index contributed by atoms with van der Waals surface area (Å²) in [5.74, 6) is -5.81. The Bertz CT molecular complexity index is 1770. The van der Waals surface area contributed by atoms with Crippen LogP contribution in [0.1, 0.15) is 20.7 Å². The van der Waals surface area contributed by atoms with Crippen LogP contribution in [0.2, 0.25) is 0 Å². The van der Waals surface area contributed by atoms with Crippen molar-refractivity contribution in [3.05, 3.63) is 95.4 Å². The van der Waals surface area contributed by atoms with Gasteiger partial charge < -0.3 is 14.5 Å². The molecule has 1 aromatic heterocycles. The number of carbonyl (C=O) groups is 2. The van der Waals surface area contributed by atoms with Crippen LogP contribution in [0.5, 0.6) is 5.75 Å². The van der Waals surface area contributed by atoms with Crippen molar-refractivity contribution in [1.29, 1.82) is 0 Å². The summed E-state index contributed by atoms with van der Waals surface area (Å²) < 4.78 is 75.1. The molecule has 0 bridgehead atoms. The van der Waals surface area contributed by atoms with E-state index in [1.807, 2.05) is 0 Å². The maximum atomic E-state index is 14.1. The number of aromatic nitrogens is 1. The van der Waals surface area contributed by atoms with E-state index < -0.39 is 44.9 Å². The number of ether oxygens (including phenoxy) is 1. The highest BCUT2D eigenvalue weighted by atomic mass is 32.2. The first-order valence-corrected chi connectivity index (χ1v) is 13.9. The Hall–Kier alpha value is -4.65. The lowest BCUT2D eigenvalue weighted by molar-refractivity contribution is 0.0530. The van der Waals surface area contributed by atoms with Crippen molar-refractivity contribution in [2.45, 2.75) is 4.90 Å². The van der Waals surface area contributed by atoms with Gasteiger partial charge in [-0.3, -0.25) is 19.3 Å². The van der Waals surface area contributed by atoms with Gasteiger partial charge in [0, 0.05) is 43.8 Å². The van der Waals surface area contributed by atoms with Crippen molar-refractivity contribution in [2.24, 2.45) is 0 Å². The van der Waals surface area contributed by atoms with Gasteiger partial charge in [-0.05, 0) is 36.4 Å². The number of piperazine rings is 1. The van der Waals surface area contributed by atoms with Crippen LogP contribution in [0.25, 0.3) is 10.9 Å². The molecule has 1 N–H and O–H groups in total. The molecule has 13 heteroatoms. The normalized spacial score (nSPS) is 13.8. The molecule has 0 aliphatic carbocycles. The predicted octanol–water partition coefficient (Wildman–Crippen LogP) is 4.06. The van der Waals surface area contributed by atoms with Gasteiger partial charge in [0.2, 0.25) is 0 Å². The van der Waals surface area contributed by atoms with Crippen LogP contribution in [0, 0.1) is 17.5 Å². The van der Waals surface area contributed by atoms with Crippen LogP contribution in [0.15, 0.2) is 71.8 Å². The third-order valence-corrected chi connectivity index (χ3v) is 8.10. The summed E-state index contributed by atoms with van der Waals surface area (Å²) in [6, 6.07) is 14.1. The summed E-state index contributed by atoms with van der Waals surface area (Å²) in [6.07, 6.45) is 1.50. The summed E-state index contributed by atoms with van der Waals surface area (Å²) in [4.78, 5) is 32.8. The zero-order chi connectivity index (χ0) is 29.3. The summed E-state index contributed by atoms with van der Waals surface area (Å²) in [5.41, 5.74) is 0.0397. The summed E-state index contributed by atoms with van der Waals surface area (Å²) in [6.45, 7) is 0.230. The molecule has 2 heterocycles. The number of carbonyl (C=O) groups excluding carboxylic acids is 2. The first-order chi connectivity index (χ1) is 19.6. The fourth-order valence-electron chi connectivity index (χ4n) is 4.58. The molecule has 0 spiro atoms. The molecule has 0 saturated carbocycles. The fraction of sp³-hybridized carbons (Fsp3) is 0.179. The molecule has 1 aliphatic rings. The van der Waals surface area contributed by atoms with Crippen molar-refractivity contribution in [3.8, 4) is 5.75 Å². The van der Waals surface area contributed by atoms with Gasteiger partial charge >= 0.3 is 0 Å². The number of fused-ring (bicyclic) bond motifs is 1. The number of hydrogen-bond donors (Lipinski definition) is 1. The lowest BCUT2D eigenvalue weighted by Crippen LogP contribution is -2.50. The first-order valence-electron chi connectivity index (χ1n) is 12.4. The van der Waals surface area contributed by atoms with E-state index in [-0.39, 0.29) is 48.1 Å². The van der Waals surface area contributed by atoms with E-state index in [0.29, 0.717) is 17.0 Å². The summed E-state index contributed by atoms with van der Waals surface area (Å²) in [7, 11) is -2.70. The molecule has 1 saturated heterocycles. The molecule has 5 rings (SSSR count). The molecule has 1 fully saturated rings. The highest BCUT2D eigenvalue weighted by molar-refractivity contribution is 7.93. The number of nitrogens with zero attached hydrogens (tertiary/aromatic N) is 3. The average Bonchev–Trinajstić information content (AvgIpc) is 2.99. The quantitative estimate of drug-likeness (QED) is 0.343. The van der Waals surface area contributed by atoms with Gasteiger partial charge in [0.1, 0.15) is 10.6 Å². The molecule has 3 aromatic carbocycles. The van der Waals surface area contributed by atoms with E-state index in [1.54, 1.807) is 24.3 Å². The topological polar surface area (TPSA) is 109 Å². The number of sulfonamides is 1. The Labute approximate surface area is 233 Å². The maximum Gasteiger partial charge on any atom is 0.264 e. The number of amides is 2. The third kappa shape index (κ3) is 5.40. The Balaban J connectivity index is 1.29. The minimum Gasteiger partial charge on any atom is -0.496 e. The first kappa shape index (κ1) is 27.9. The van der Waals surface area contributed by atoms with Gasteiger partial charge in [-0.25, -0.2) is 21.6 Å². The van der Waals surface area contributed by atoms with Crippen molar-refractivity contribution < 1.29 is 35.9 Å². The van der Waals surface area contributed by atoms with E-state index in [4.69, 9.17) is 4.74 Å². The third-order valence-electron chi connectivity index (χ3n) is 6.69. The predicted molar refractivity (Wildman–Crippen MR) is 144 cm³/mol. The molecule has 9 nitrogen and oxygen atoms in total. The number of pyridine rings is 1. The average molecular weight is 585 g/mol. The van der Waals surface area contributed by atoms with Crippen LogP contribution < -0.4 is 9.46 Å². The van der Waals surface area contributed by atoms with E-state index in [2.05, 4.69) is 9.71 Å². The largest absolute Gasteiger partial charge is 0.496 e. The summed E-state index contributed by atoms with van der Waals surface area (Å²) in [5, 5.41) is 0.658. The number of halogens is 3. The van der Waals surface area contributed by atoms with Gasteiger partial charge in [-0.15, -0.1) is 0 Å². The molecule has 0 atom stereocenters. The Kier molecular flexibility index (Phi) is 7.54. The highest BCUT2D eigenvalue weighted by Gasteiger charge is 2.29. The number of methoxy groups -OCH3 is 1. The van der Waals surface area contributed by atoms with E-state index >= 15 is 0 Å². The van der Waals surface area contributed by atoms with Crippen molar-refractivity contribution in [3.63, 3.8) is 0 Å². The maximum absolute atomic E-state index is 14.1. The highest BCUT2D eigenvalue weighted by Crippen LogP contribution is 2.28. The molecule has 1 aliphatic heterocycles. The Morgan fingerprint density at radius 1 is 0.854 bits per heavy atom. The molecule has 0 radical (unpaired) electrons. The molecule has 4 aromatic rings. The van der Waals surface area contributed by atoms with E-state index in [1.165, 1.54) is 47.4 Å². The standard InChI is InChI=1S/C28H23F3N4O5S/c1-40-22-16-18(33-41(38,39)23-6-2-4-17-5-3-11-32-26(17)23)7-8-19(22)27(36)34-12-14-35(15-13-34)28(37)20-9-10-21(29)25(31)24(20)30/h2-11,16,33H,12-15H2,1H3. The number of rotatable bonds is 6. The van der Waals surface area contributed by atoms with Crippen LogP contribution in [-0.2, 0) is 10.0 Å². The zero-order valence-corrected chi connectivity index (χ0v) is 22.4. The van der Waals surface area contributed by atoms with Crippen molar-refractivity contribution in [1.82, 2.24) is 14.8 Å². The van der Waals surface area contributed by atoms with Crippen molar-refractivity contribution in [2.75, 3.05) is 38.0 Å². The molecule has 212 valence electrons. The second-order valence-corrected chi connectivity index (χ2v) is 10.8. The van der Waals surface area contributed by atoms with E-state index in [9.17, 15) is 31.2 Å². The minimum absolute atomic E-state index is 0.00889. The number of benzene rings is 3. The zero-order valence-electron chi connectivity index (χ0n) is 21.6. The van der Waals surface area contributed by atoms with Gasteiger partial charge in [0.05, 0.1) is 29.4 Å². The number of hydrogen-bond acceptors (Lipinski definition) is 6. The van der Waals surface area contributed by atoms with Crippen LogP contribution >= 0.6 is 0 Å². The lowest BCUT2D eigenvalue weighted by Gasteiger charge is -2.35. The van der Waals surface area contributed by atoms with Crippen LogP contribution in [-0.4, -0.2) is 68.3 Å². The van der Waals surface area contributed by atoms with Gasteiger partial charge in [-0.1, -0.05) is 18.2 Å². The molecule has 41 heavy (non-hydrogen) atoms. The second-order valence-electron chi connectivity index (χ2n) is 9.16. The second kappa shape index (κ2) is 11.1. The van der Waals surface area contributed by atoms with Gasteiger partial charge in [0.25, 0.3) is 21.8 Å². The monoisotopic (exact) mass is 584 g/mol.